The number of alkyl halides is 1. The fourth-order valence-electron chi connectivity index (χ4n) is 1.55. The van der Waals surface area contributed by atoms with Crippen LogP contribution in [0.4, 0.5) is 5.13 Å². The van der Waals surface area contributed by atoms with Crippen LogP contribution in [-0.2, 0) is 16.0 Å². The standard InChI is InChI=1S/C10H13ClN2O2S/c11-4-3-7-6-16-10(12-7)13-9(14)8-2-1-5-15-8/h6,8H,1-5H2,(H,12,13,14)/t8-/m1/s1. The molecule has 1 atom stereocenters. The van der Waals surface area contributed by atoms with Gasteiger partial charge in [0.05, 0.1) is 5.69 Å². The van der Waals surface area contributed by atoms with Crippen molar-refractivity contribution in [2.45, 2.75) is 25.4 Å². The lowest BCUT2D eigenvalue weighted by atomic mass is 10.2. The van der Waals surface area contributed by atoms with E-state index in [0.717, 1.165) is 25.0 Å². The lowest BCUT2D eigenvalue weighted by Gasteiger charge is -2.07. The van der Waals surface area contributed by atoms with Crippen molar-refractivity contribution in [3.63, 3.8) is 0 Å². The Balaban J connectivity index is 1.89. The highest BCUT2D eigenvalue weighted by Crippen LogP contribution is 2.19. The first-order valence-electron chi connectivity index (χ1n) is 5.22. The number of hydrogen-bond acceptors (Lipinski definition) is 4. The molecule has 2 heterocycles. The lowest BCUT2D eigenvalue weighted by molar-refractivity contribution is -0.124. The predicted molar refractivity (Wildman–Crippen MR) is 64.1 cm³/mol. The number of thiazole rings is 1. The summed E-state index contributed by atoms with van der Waals surface area (Å²) >= 11 is 7.03. The SMILES string of the molecule is O=C(Nc1nc(CCCl)cs1)[C@H]1CCCO1. The van der Waals surface area contributed by atoms with Gasteiger partial charge in [-0.3, -0.25) is 10.1 Å². The molecule has 1 aliphatic rings. The van der Waals surface area contributed by atoms with Crippen molar-refractivity contribution in [3.8, 4) is 0 Å². The molecule has 4 nitrogen and oxygen atoms in total. The van der Waals surface area contributed by atoms with Gasteiger partial charge < -0.3 is 4.74 Å². The molecule has 1 aromatic rings. The molecule has 6 heteroatoms. The molecule has 0 aliphatic carbocycles. The second-order valence-corrected chi connectivity index (χ2v) is 4.81. The minimum absolute atomic E-state index is 0.0933. The van der Waals surface area contributed by atoms with E-state index in [2.05, 4.69) is 10.3 Å². The summed E-state index contributed by atoms with van der Waals surface area (Å²) in [6.45, 7) is 0.674. The topological polar surface area (TPSA) is 51.2 Å². The summed E-state index contributed by atoms with van der Waals surface area (Å²) in [5, 5.41) is 5.30. The van der Waals surface area contributed by atoms with Crippen LogP contribution in [0.25, 0.3) is 0 Å². The van der Waals surface area contributed by atoms with Crippen LogP contribution in [0.3, 0.4) is 0 Å². The summed E-state index contributed by atoms with van der Waals surface area (Å²) in [5.74, 6) is 0.451. The Labute approximate surface area is 103 Å². The van der Waals surface area contributed by atoms with E-state index in [-0.39, 0.29) is 12.0 Å². The zero-order valence-electron chi connectivity index (χ0n) is 8.74. The van der Waals surface area contributed by atoms with Gasteiger partial charge in [0.2, 0.25) is 0 Å². The summed E-state index contributed by atoms with van der Waals surface area (Å²) in [4.78, 5) is 15.9. The molecule has 1 N–H and O–H groups in total. The molecule has 1 aliphatic heterocycles. The number of amides is 1. The lowest BCUT2D eigenvalue weighted by Crippen LogP contribution is -2.26. The van der Waals surface area contributed by atoms with Crippen LogP contribution in [0.1, 0.15) is 18.5 Å². The Morgan fingerprint density at radius 2 is 2.62 bits per heavy atom. The van der Waals surface area contributed by atoms with Gasteiger partial charge in [0, 0.05) is 24.3 Å². The Kier molecular flexibility index (Phi) is 4.15. The summed E-state index contributed by atoms with van der Waals surface area (Å²) in [5.41, 5.74) is 0.919. The molecule has 0 aromatic carbocycles. The Morgan fingerprint density at radius 3 is 3.31 bits per heavy atom. The van der Waals surface area contributed by atoms with Gasteiger partial charge in [-0.15, -0.1) is 22.9 Å². The molecule has 0 saturated carbocycles. The van der Waals surface area contributed by atoms with E-state index >= 15 is 0 Å². The van der Waals surface area contributed by atoms with E-state index in [1.54, 1.807) is 0 Å². The third-order valence-electron chi connectivity index (χ3n) is 2.35. The smallest absolute Gasteiger partial charge is 0.255 e. The number of aromatic nitrogens is 1. The van der Waals surface area contributed by atoms with Crippen LogP contribution in [0.5, 0.6) is 0 Å². The first-order chi connectivity index (χ1) is 7.79. The highest BCUT2D eigenvalue weighted by atomic mass is 35.5. The number of anilines is 1. The van der Waals surface area contributed by atoms with Crippen LogP contribution < -0.4 is 5.32 Å². The van der Waals surface area contributed by atoms with Crippen molar-refractivity contribution < 1.29 is 9.53 Å². The highest BCUT2D eigenvalue weighted by Gasteiger charge is 2.24. The molecule has 1 fully saturated rings. The van der Waals surface area contributed by atoms with Gasteiger partial charge in [0.25, 0.3) is 5.91 Å². The van der Waals surface area contributed by atoms with Crippen LogP contribution in [0, 0.1) is 0 Å². The third-order valence-corrected chi connectivity index (χ3v) is 3.35. The normalized spacial score (nSPS) is 19.9. The van der Waals surface area contributed by atoms with E-state index in [1.807, 2.05) is 5.38 Å². The summed E-state index contributed by atoms with van der Waals surface area (Å²) in [6, 6.07) is 0. The Bertz CT molecular complexity index is 363. The minimum Gasteiger partial charge on any atom is -0.368 e. The van der Waals surface area contributed by atoms with Crippen molar-refractivity contribution in [2.75, 3.05) is 17.8 Å². The molecule has 0 unspecified atom stereocenters. The van der Waals surface area contributed by atoms with Crippen LogP contribution in [-0.4, -0.2) is 29.5 Å². The Morgan fingerprint density at radius 1 is 1.75 bits per heavy atom. The largest absolute Gasteiger partial charge is 0.368 e. The molecule has 1 aromatic heterocycles. The minimum atomic E-state index is -0.305. The fraction of sp³-hybridized carbons (Fsp3) is 0.600. The van der Waals surface area contributed by atoms with Crippen molar-refractivity contribution in [1.29, 1.82) is 0 Å². The molecule has 0 radical (unpaired) electrons. The van der Waals surface area contributed by atoms with Crippen molar-refractivity contribution >= 4 is 34.0 Å². The van der Waals surface area contributed by atoms with Gasteiger partial charge in [-0.05, 0) is 12.8 Å². The number of halogens is 1. The summed E-state index contributed by atoms with van der Waals surface area (Å²) < 4.78 is 5.28. The third kappa shape index (κ3) is 2.93. The second kappa shape index (κ2) is 5.61. The van der Waals surface area contributed by atoms with Crippen LogP contribution >= 0.6 is 22.9 Å². The molecule has 2 rings (SSSR count). The molecule has 88 valence electrons. The van der Waals surface area contributed by atoms with Gasteiger partial charge in [0.1, 0.15) is 6.10 Å². The maximum absolute atomic E-state index is 11.7. The fourth-order valence-corrected chi connectivity index (χ4v) is 2.49. The van der Waals surface area contributed by atoms with Gasteiger partial charge in [-0.25, -0.2) is 4.98 Å². The molecule has 16 heavy (non-hydrogen) atoms. The first-order valence-corrected chi connectivity index (χ1v) is 6.64. The first kappa shape index (κ1) is 11.8. The van der Waals surface area contributed by atoms with Crippen molar-refractivity contribution in [2.24, 2.45) is 0 Å². The molecule has 1 saturated heterocycles. The molecular formula is C10H13ClN2O2S. The number of nitrogens with zero attached hydrogens (tertiary/aromatic N) is 1. The van der Waals surface area contributed by atoms with E-state index in [9.17, 15) is 4.79 Å². The number of rotatable bonds is 4. The zero-order chi connectivity index (χ0) is 11.4. The summed E-state index contributed by atoms with van der Waals surface area (Å²) in [6.07, 6.45) is 2.17. The van der Waals surface area contributed by atoms with Crippen LogP contribution in [0.2, 0.25) is 0 Å². The highest BCUT2D eigenvalue weighted by molar-refractivity contribution is 7.13. The van der Waals surface area contributed by atoms with Gasteiger partial charge >= 0.3 is 0 Å². The average molecular weight is 261 g/mol. The summed E-state index contributed by atoms with van der Waals surface area (Å²) in [7, 11) is 0. The average Bonchev–Trinajstić information content (AvgIpc) is 2.89. The van der Waals surface area contributed by atoms with Crippen LogP contribution in [0.15, 0.2) is 5.38 Å². The molecule has 0 spiro atoms. The van der Waals surface area contributed by atoms with E-state index < -0.39 is 0 Å². The number of hydrogen-bond donors (Lipinski definition) is 1. The quantitative estimate of drug-likeness (QED) is 0.843. The van der Waals surface area contributed by atoms with Gasteiger partial charge in [-0.1, -0.05) is 0 Å². The van der Waals surface area contributed by atoms with Crippen molar-refractivity contribution in [1.82, 2.24) is 4.98 Å². The number of carbonyl (C=O) groups is 1. The second-order valence-electron chi connectivity index (χ2n) is 3.57. The molecule has 0 bridgehead atoms. The monoisotopic (exact) mass is 260 g/mol. The molecular weight excluding hydrogens is 248 g/mol. The van der Waals surface area contributed by atoms with E-state index in [0.29, 0.717) is 17.6 Å². The van der Waals surface area contributed by atoms with Gasteiger partial charge in [0.15, 0.2) is 5.13 Å². The molecule has 1 amide bonds. The number of carbonyl (C=O) groups excluding carboxylic acids is 1. The number of ether oxygens (including phenoxy) is 1. The van der Waals surface area contributed by atoms with Crippen molar-refractivity contribution in [3.05, 3.63) is 11.1 Å². The van der Waals surface area contributed by atoms with Gasteiger partial charge in [-0.2, -0.15) is 0 Å². The van der Waals surface area contributed by atoms with E-state index in [4.69, 9.17) is 16.3 Å². The maximum Gasteiger partial charge on any atom is 0.255 e. The predicted octanol–water partition coefficient (Wildman–Crippen LogP) is 2.04. The van der Waals surface area contributed by atoms with E-state index in [1.165, 1.54) is 11.3 Å². The number of aryl methyl sites for hydroxylation is 1. The Hall–Kier alpha value is -0.650. The zero-order valence-corrected chi connectivity index (χ0v) is 10.3. The number of nitrogens with one attached hydrogen (secondary N) is 1. The maximum atomic E-state index is 11.7.